The van der Waals surface area contributed by atoms with Gasteiger partial charge in [0.15, 0.2) is 5.78 Å². The summed E-state index contributed by atoms with van der Waals surface area (Å²) in [5, 5.41) is 0. The van der Waals surface area contributed by atoms with Crippen molar-refractivity contribution in [1.29, 1.82) is 0 Å². The van der Waals surface area contributed by atoms with Crippen LogP contribution in [-0.2, 0) is 0 Å². The summed E-state index contributed by atoms with van der Waals surface area (Å²) in [6.45, 7) is 3.68. The van der Waals surface area contributed by atoms with Gasteiger partial charge < -0.3 is 4.74 Å². The molecule has 0 aliphatic rings. The van der Waals surface area contributed by atoms with Gasteiger partial charge in [-0.3, -0.25) is 4.79 Å². The summed E-state index contributed by atoms with van der Waals surface area (Å²) in [5.41, 5.74) is 0.0129. The van der Waals surface area contributed by atoms with Crippen LogP contribution in [0.2, 0.25) is 0 Å². The van der Waals surface area contributed by atoms with E-state index in [-0.39, 0.29) is 22.7 Å². The van der Waals surface area contributed by atoms with Crippen LogP contribution in [-0.4, -0.2) is 17.2 Å². The second kappa shape index (κ2) is 6.10. The molecule has 0 aromatic heterocycles. The van der Waals surface area contributed by atoms with Crippen LogP contribution < -0.4 is 4.74 Å². The molecule has 0 N–H and O–H groups in total. The molecule has 0 amide bonds. The Hall–Kier alpha value is -0.970. The predicted octanol–water partition coefficient (Wildman–Crippen LogP) is 3.99. The topological polar surface area (TPSA) is 26.3 Å². The highest BCUT2D eigenvalue weighted by Gasteiger charge is 2.19. The van der Waals surface area contributed by atoms with Gasteiger partial charge in [-0.25, -0.2) is 8.78 Å². The molecule has 0 spiro atoms. The summed E-state index contributed by atoms with van der Waals surface area (Å²) in [6.07, 6.45) is -2.66. The molecule has 5 heteroatoms. The van der Waals surface area contributed by atoms with Crippen LogP contribution in [0.15, 0.2) is 18.2 Å². The number of halogens is 3. The predicted molar refractivity (Wildman–Crippen MR) is 65.3 cm³/mol. The Balaban J connectivity index is 3.14. The summed E-state index contributed by atoms with van der Waals surface area (Å²) in [4.78, 5) is 11.3. The van der Waals surface area contributed by atoms with E-state index in [9.17, 15) is 13.6 Å². The van der Waals surface area contributed by atoms with E-state index in [1.807, 2.05) is 0 Å². The maximum atomic E-state index is 12.8. The van der Waals surface area contributed by atoms with Crippen molar-refractivity contribution in [2.75, 3.05) is 6.61 Å². The third-order valence-electron chi connectivity index (χ3n) is 2.19. The lowest BCUT2D eigenvalue weighted by Crippen LogP contribution is -2.10. The number of benzene rings is 1. The molecule has 0 saturated heterocycles. The molecule has 0 radical (unpaired) electrons. The minimum Gasteiger partial charge on any atom is -0.493 e. The van der Waals surface area contributed by atoms with E-state index in [4.69, 9.17) is 4.74 Å². The monoisotopic (exact) mass is 306 g/mol. The number of Topliss-reactive ketones (excluding diaryl/α,β-unsaturated/α-hetero) is 1. The van der Waals surface area contributed by atoms with Crippen molar-refractivity contribution in [2.24, 2.45) is 0 Å². The number of rotatable bonds is 5. The van der Waals surface area contributed by atoms with E-state index in [1.165, 1.54) is 18.2 Å². The Morgan fingerprint density at radius 2 is 2.12 bits per heavy atom. The third kappa shape index (κ3) is 3.49. The summed E-state index contributed by atoms with van der Waals surface area (Å²) in [7, 11) is 0. The second-order valence-corrected chi connectivity index (χ2v) is 4.84. The molecular weight excluding hydrogens is 294 g/mol. The lowest BCUT2D eigenvalue weighted by molar-refractivity contribution is 0.0995. The van der Waals surface area contributed by atoms with Gasteiger partial charge in [0, 0.05) is 5.56 Å². The molecule has 0 fully saturated rings. The number of alkyl halides is 3. The van der Waals surface area contributed by atoms with Crippen molar-refractivity contribution in [3.8, 4) is 5.75 Å². The quantitative estimate of drug-likeness (QED) is 0.607. The number of ketones is 1. The van der Waals surface area contributed by atoms with Crippen LogP contribution in [0, 0.1) is 0 Å². The molecule has 1 unspecified atom stereocenters. The molecule has 0 heterocycles. The van der Waals surface area contributed by atoms with E-state index < -0.39 is 11.3 Å². The van der Waals surface area contributed by atoms with Gasteiger partial charge in [0.05, 0.1) is 17.0 Å². The molecule has 0 aliphatic carbocycles. The van der Waals surface area contributed by atoms with Gasteiger partial charge in [0.1, 0.15) is 5.75 Å². The van der Waals surface area contributed by atoms with Crippen LogP contribution >= 0.6 is 15.9 Å². The molecule has 17 heavy (non-hydrogen) atoms. The first kappa shape index (κ1) is 14.1. The highest BCUT2D eigenvalue weighted by molar-refractivity contribution is 9.10. The third-order valence-corrected chi connectivity index (χ3v) is 2.61. The van der Waals surface area contributed by atoms with Crippen molar-refractivity contribution in [1.82, 2.24) is 0 Å². The van der Waals surface area contributed by atoms with E-state index in [1.54, 1.807) is 13.8 Å². The number of carbonyl (C=O) groups is 1. The zero-order chi connectivity index (χ0) is 13.0. The van der Waals surface area contributed by atoms with Gasteiger partial charge in [-0.05, 0) is 32.0 Å². The molecule has 1 rings (SSSR count). The SMILES string of the molecule is CCOc1ccc(C(=O)C(C)Br)cc1C(F)F. The van der Waals surface area contributed by atoms with Crippen molar-refractivity contribution < 1.29 is 18.3 Å². The maximum Gasteiger partial charge on any atom is 0.267 e. The van der Waals surface area contributed by atoms with Crippen molar-refractivity contribution in [3.05, 3.63) is 29.3 Å². The first-order valence-electron chi connectivity index (χ1n) is 5.20. The highest BCUT2D eigenvalue weighted by atomic mass is 79.9. The summed E-state index contributed by atoms with van der Waals surface area (Å²) in [5.74, 6) is -0.101. The second-order valence-electron chi connectivity index (χ2n) is 3.47. The van der Waals surface area contributed by atoms with E-state index in [0.717, 1.165) is 0 Å². The van der Waals surface area contributed by atoms with Crippen LogP contribution in [0.1, 0.15) is 36.2 Å². The van der Waals surface area contributed by atoms with Gasteiger partial charge in [-0.15, -0.1) is 0 Å². The van der Waals surface area contributed by atoms with Gasteiger partial charge in [0.25, 0.3) is 6.43 Å². The van der Waals surface area contributed by atoms with Gasteiger partial charge in [0.2, 0.25) is 0 Å². The standard InChI is InChI=1S/C12H13BrF2O2/c1-3-17-10-5-4-8(11(16)7(2)13)6-9(10)12(14)15/h4-7,12H,3H2,1-2H3. The van der Waals surface area contributed by atoms with Crippen molar-refractivity contribution >= 4 is 21.7 Å². The lowest BCUT2D eigenvalue weighted by atomic mass is 10.0. The molecule has 0 saturated carbocycles. The minimum atomic E-state index is -2.66. The first-order valence-corrected chi connectivity index (χ1v) is 6.12. The van der Waals surface area contributed by atoms with E-state index in [0.29, 0.717) is 6.61 Å². The Bertz CT molecular complexity index is 405. The minimum absolute atomic E-state index is 0.126. The zero-order valence-corrected chi connectivity index (χ0v) is 11.1. The molecule has 1 aromatic carbocycles. The number of ether oxygens (including phenoxy) is 1. The summed E-state index contributed by atoms with van der Waals surface area (Å²) in [6, 6.07) is 4.10. The molecule has 2 nitrogen and oxygen atoms in total. The van der Waals surface area contributed by atoms with Gasteiger partial charge in [-0.1, -0.05) is 15.9 Å². The Kier molecular flexibility index (Phi) is 5.05. The van der Waals surface area contributed by atoms with Crippen LogP contribution in [0.25, 0.3) is 0 Å². The van der Waals surface area contributed by atoms with E-state index in [2.05, 4.69) is 15.9 Å². The lowest BCUT2D eigenvalue weighted by Gasteiger charge is -2.11. The molecule has 0 aliphatic heterocycles. The number of hydrogen-bond acceptors (Lipinski definition) is 2. The van der Waals surface area contributed by atoms with Gasteiger partial charge >= 0.3 is 0 Å². The smallest absolute Gasteiger partial charge is 0.267 e. The fourth-order valence-electron chi connectivity index (χ4n) is 1.39. The zero-order valence-electron chi connectivity index (χ0n) is 9.54. The fourth-order valence-corrected chi connectivity index (χ4v) is 1.65. The first-order chi connectivity index (χ1) is 7.97. The highest BCUT2D eigenvalue weighted by Crippen LogP contribution is 2.30. The average molecular weight is 307 g/mol. The normalized spacial score (nSPS) is 12.6. The number of hydrogen-bond donors (Lipinski definition) is 0. The van der Waals surface area contributed by atoms with E-state index >= 15 is 0 Å². The molecule has 1 atom stereocenters. The molecular formula is C12H13BrF2O2. The maximum absolute atomic E-state index is 12.8. The van der Waals surface area contributed by atoms with Crippen molar-refractivity contribution in [2.45, 2.75) is 25.1 Å². The van der Waals surface area contributed by atoms with Crippen LogP contribution in [0.3, 0.4) is 0 Å². The van der Waals surface area contributed by atoms with Crippen LogP contribution in [0.4, 0.5) is 8.78 Å². The Morgan fingerprint density at radius 1 is 1.47 bits per heavy atom. The Morgan fingerprint density at radius 3 is 2.59 bits per heavy atom. The Labute approximate surface area is 107 Å². The van der Waals surface area contributed by atoms with Gasteiger partial charge in [-0.2, -0.15) is 0 Å². The summed E-state index contributed by atoms with van der Waals surface area (Å²) < 4.78 is 30.7. The molecule has 94 valence electrons. The summed E-state index contributed by atoms with van der Waals surface area (Å²) >= 11 is 3.12. The van der Waals surface area contributed by atoms with Crippen molar-refractivity contribution in [3.63, 3.8) is 0 Å². The fraction of sp³-hybridized carbons (Fsp3) is 0.417. The molecule has 1 aromatic rings. The average Bonchev–Trinajstić information content (AvgIpc) is 2.28. The number of carbonyl (C=O) groups excluding carboxylic acids is 1. The van der Waals surface area contributed by atoms with Crippen LogP contribution in [0.5, 0.6) is 5.75 Å². The largest absolute Gasteiger partial charge is 0.493 e. The molecule has 0 bridgehead atoms.